The Morgan fingerprint density at radius 3 is 2.10 bits per heavy atom. The summed E-state index contributed by atoms with van der Waals surface area (Å²) in [5, 5.41) is 17.0. The first-order valence-electron chi connectivity index (χ1n) is 6.10. The van der Waals surface area contributed by atoms with Crippen molar-refractivity contribution in [3.05, 3.63) is 35.4 Å². The van der Waals surface area contributed by atoms with Gasteiger partial charge in [-0.2, -0.15) is 0 Å². The van der Waals surface area contributed by atoms with E-state index in [1.165, 1.54) is 0 Å². The van der Waals surface area contributed by atoms with Gasteiger partial charge < -0.3 is 21.7 Å². The molecule has 20 heavy (non-hydrogen) atoms. The van der Waals surface area contributed by atoms with Crippen molar-refractivity contribution in [2.75, 3.05) is 0 Å². The molecule has 1 aromatic carbocycles. The minimum atomic E-state index is -0.942. The van der Waals surface area contributed by atoms with Crippen LogP contribution in [0, 0.1) is 5.41 Å². The summed E-state index contributed by atoms with van der Waals surface area (Å²) in [4.78, 5) is 20.6. The Hall–Kier alpha value is -1.92. The molecular formula is C14H22N2O4. The lowest BCUT2D eigenvalue weighted by Crippen LogP contribution is -2.41. The Bertz CT molecular complexity index is 466. The molecule has 0 radical (unpaired) electrons. The second kappa shape index (κ2) is 7.62. The summed E-state index contributed by atoms with van der Waals surface area (Å²) < 4.78 is 0. The molecule has 6 heteroatoms. The van der Waals surface area contributed by atoms with Crippen LogP contribution in [0.25, 0.3) is 0 Å². The van der Waals surface area contributed by atoms with E-state index in [0.717, 1.165) is 5.56 Å². The normalized spacial score (nSPS) is 12.1. The van der Waals surface area contributed by atoms with Crippen molar-refractivity contribution < 1.29 is 19.8 Å². The van der Waals surface area contributed by atoms with Crippen LogP contribution in [-0.2, 0) is 11.3 Å². The fraction of sp³-hybridized carbons (Fsp3) is 0.429. The van der Waals surface area contributed by atoms with E-state index in [0.29, 0.717) is 6.54 Å². The molecule has 0 heterocycles. The summed E-state index contributed by atoms with van der Waals surface area (Å²) >= 11 is 0. The number of nitrogens with two attached hydrogens (primary N) is 2. The van der Waals surface area contributed by atoms with Crippen molar-refractivity contribution in [2.24, 2.45) is 16.9 Å². The number of hydrogen-bond acceptors (Lipinski definition) is 4. The Balaban J connectivity index is 0.000000370. The smallest absolute Gasteiger partial charge is 0.335 e. The van der Waals surface area contributed by atoms with Crippen LogP contribution in [0.15, 0.2) is 24.3 Å². The Morgan fingerprint density at radius 2 is 1.80 bits per heavy atom. The molecule has 0 spiro atoms. The van der Waals surface area contributed by atoms with Crippen LogP contribution in [0.1, 0.15) is 36.7 Å². The molecule has 1 atom stereocenters. The molecule has 0 amide bonds. The minimum absolute atomic E-state index is 0.285. The van der Waals surface area contributed by atoms with E-state index in [9.17, 15) is 9.59 Å². The van der Waals surface area contributed by atoms with Gasteiger partial charge in [0, 0.05) is 6.54 Å². The van der Waals surface area contributed by atoms with Gasteiger partial charge in [-0.15, -0.1) is 0 Å². The highest BCUT2D eigenvalue weighted by Gasteiger charge is 2.26. The lowest BCUT2D eigenvalue weighted by Gasteiger charge is -2.22. The van der Waals surface area contributed by atoms with Crippen LogP contribution in [0.5, 0.6) is 0 Å². The molecule has 1 rings (SSSR count). The molecule has 1 unspecified atom stereocenters. The molecule has 6 N–H and O–H groups in total. The lowest BCUT2D eigenvalue weighted by atomic mass is 9.88. The molecule has 0 aromatic heterocycles. The van der Waals surface area contributed by atoms with Gasteiger partial charge in [-0.1, -0.05) is 32.9 Å². The van der Waals surface area contributed by atoms with Crippen LogP contribution in [0.3, 0.4) is 0 Å². The predicted molar refractivity (Wildman–Crippen MR) is 76.4 cm³/mol. The monoisotopic (exact) mass is 282 g/mol. The number of hydrogen-bond donors (Lipinski definition) is 4. The van der Waals surface area contributed by atoms with Crippen molar-refractivity contribution >= 4 is 11.9 Å². The van der Waals surface area contributed by atoms with E-state index in [1.54, 1.807) is 45.0 Å². The minimum Gasteiger partial charge on any atom is -0.480 e. The summed E-state index contributed by atoms with van der Waals surface area (Å²) in [6.45, 7) is 5.77. The van der Waals surface area contributed by atoms with Gasteiger partial charge in [-0.05, 0) is 23.1 Å². The first-order valence-corrected chi connectivity index (χ1v) is 6.10. The molecule has 0 aliphatic carbocycles. The third-order valence-corrected chi connectivity index (χ3v) is 2.61. The number of rotatable bonds is 3. The highest BCUT2D eigenvalue weighted by molar-refractivity contribution is 5.87. The molecule has 0 bridgehead atoms. The molecule has 0 aliphatic heterocycles. The summed E-state index contributed by atoms with van der Waals surface area (Å²) in [6, 6.07) is 5.83. The van der Waals surface area contributed by atoms with Gasteiger partial charge in [-0.25, -0.2) is 4.79 Å². The van der Waals surface area contributed by atoms with Crippen LogP contribution in [0.4, 0.5) is 0 Å². The molecule has 0 saturated carbocycles. The number of carbonyl (C=O) groups is 2. The highest BCUT2D eigenvalue weighted by atomic mass is 16.4. The molecule has 6 nitrogen and oxygen atoms in total. The van der Waals surface area contributed by atoms with Crippen molar-refractivity contribution in [3.63, 3.8) is 0 Å². The topological polar surface area (TPSA) is 127 Å². The molecule has 0 aliphatic rings. The fourth-order valence-electron chi connectivity index (χ4n) is 1.20. The van der Waals surface area contributed by atoms with Crippen LogP contribution in [0.2, 0.25) is 0 Å². The average Bonchev–Trinajstić information content (AvgIpc) is 2.37. The Labute approximate surface area is 118 Å². The first-order chi connectivity index (χ1) is 9.09. The number of aromatic carboxylic acids is 1. The van der Waals surface area contributed by atoms with Gasteiger partial charge in [0.25, 0.3) is 0 Å². The van der Waals surface area contributed by atoms with Crippen molar-refractivity contribution in [3.8, 4) is 0 Å². The van der Waals surface area contributed by atoms with E-state index in [1.807, 2.05) is 0 Å². The van der Waals surface area contributed by atoms with E-state index in [-0.39, 0.29) is 11.0 Å². The Morgan fingerprint density at radius 1 is 1.25 bits per heavy atom. The zero-order valence-electron chi connectivity index (χ0n) is 12.0. The largest absolute Gasteiger partial charge is 0.480 e. The fourth-order valence-corrected chi connectivity index (χ4v) is 1.20. The predicted octanol–water partition coefficient (Wildman–Crippen LogP) is 1.29. The molecule has 1 aromatic rings. The summed E-state index contributed by atoms with van der Waals surface area (Å²) in [7, 11) is 0. The molecule has 0 fully saturated rings. The number of aliphatic carboxylic acids is 1. The van der Waals surface area contributed by atoms with E-state index >= 15 is 0 Å². The highest BCUT2D eigenvalue weighted by Crippen LogP contribution is 2.16. The van der Waals surface area contributed by atoms with Gasteiger partial charge in [0.05, 0.1) is 5.56 Å². The third-order valence-electron chi connectivity index (χ3n) is 2.61. The zero-order chi connectivity index (χ0) is 15.9. The van der Waals surface area contributed by atoms with Gasteiger partial charge in [-0.3, -0.25) is 4.79 Å². The molecule has 0 saturated heterocycles. The van der Waals surface area contributed by atoms with E-state index in [2.05, 4.69) is 0 Å². The maximum Gasteiger partial charge on any atom is 0.335 e. The summed E-state index contributed by atoms with van der Waals surface area (Å²) in [6.07, 6.45) is 0. The van der Waals surface area contributed by atoms with Crippen molar-refractivity contribution in [2.45, 2.75) is 33.4 Å². The van der Waals surface area contributed by atoms with Gasteiger partial charge in [0.15, 0.2) is 0 Å². The quantitative estimate of drug-likeness (QED) is 0.661. The number of benzene rings is 1. The van der Waals surface area contributed by atoms with Crippen molar-refractivity contribution in [1.82, 2.24) is 0 Å². The maximum atomic E-state index is 10.4. The number of carboxylic acids is 2. The van der Waals surface area contributed by atoms with E-state index < -0.39 is 18.0 Å². The SMILES string of the molecule is CC(C)(C)C(N)C(=O)O.NCc1cccc(C(=O)O)c1. The second-order valence-corrected chi connectivity index (χ2v) is 5.39. The van der Waals surface area contributed by atoms with Gasteiger partial charge >= 0.3 is 11.9 Å². The first kappa shape index (κ1) is 18.1. The standard InChI is InChI=1S/C8H9NO2.C6H13NO2/c9-5-6-2-1-3-7(4-6)8(10)11;1-6(2,3)4(7)5(8)9/h1-4H,5,9H2,(H,10,11);4H,7H2,1-3H3,(H,8,9). The Kier molecular flexibility index (Phi) is 6.89. The van der Waals surface area contributed by atoms with Gasteiger partial charge in [0.1, 0.15) is 6.04 Å². The summed E-state index contributed by atoms with van der Waals surface area (Å²) in [5.41, 5.74) is 11.4. The summed E-state index contributed by atoms with van der Waals surface area (Å²) in [5.74, 6) is -1.86. The molecule has 112 valence electrons. The van der Waals surface area contributed by atoms with E-state index in [4.69, 9.17) is 21.7 Å². The average molecular weight is 282 g/mol. The maximum absolute atomic E-state index is 10.4. The lowest BCUT2D eigenvalue weighted by molar-refractivity contribution is -0.141. The second-order valence-electron chi connectivity index (χ2n) is 5.39. The van der Waals surface area contributed by atoms with Gasteiger partial charge in [0.2, 0.25) is 0 Å². The van der Waals surface area contributed by atoms with Crippen molar-refractivity contribution in [1.29, 1.82) is 0 Å². The molecular weight excluding hydrogens is 260 g/mol. The zero-order valence-corrected chi connectivity index (χ0v) is 12.0. The number of carboxylic acid groups (broad SMARTS) is 2. The van der Waals surface area contributed by atoms with Crippen LogP contribution >= 0.6 is 0 Å². The third kappa shape index (κ3) is 6.31. The van der Waals surface area contributed by atoms with Crippen LogP contribution < -0.4 is 11.5 Å². The van der Waals surface area contributed by atoms with Crippen LogP contribution in [-0.4, -0.2) is 28.2 Å².